The highest BCUT2D eigenvalue weighted by atomic mass is 19.4. The molecule has 1 saturated carbocycles. The lowest BCUT2D eigenvalue weighted by atomic mass is 9.75. The number of piperidine rings is 1. The molecule has 3 aliphatic rings. The van der Waals surface area contributed by atoms with Crippen LogP contribution in [0.15, 0.2) is 24.3 Å². The smallest absolute Gasteiger partial charge is 0.381 e. The number of rotatable bonds is 5. The molecule has 0 N–H and O–H groups in total. The number of ether oxygens (including phenoxy) is 1. The van der Waals surface area contributed by atoms with Crippen molar-refractivity contribution < 1.29 is 32.3 Å². The number of hydrogen-bond donors (Lipinski definition) is 0. The van der Waals surface area contributed by atoms with Gasteiger partial charge >= 0.3 is 6.18 Å². The van der Waals surface area contributed by atoms with Gasteiger partial charge in [-0.15, -0.1) is 0 Å². The van der Waals surface area contributed by atoms with E-state index in [1.165, 1.54) is 17.0 Å². The second kappa shape index (κ2) is 7.93. The summed E-state index contributed by atoms with van der Waals surface area (Å²) in [6.07, 6.45) is -2.46. The molecule has 2 aliphatic heterocycles. The summed E-state index contributed by atoms with van der Waals surface area (Å²) >= 11 is 0. The van der Waals surface area contributed by atoms with Gasteiger partial charge in [-0.05, 0) is 37.3 Å². The Morgan fingerprint density at radius 3 is 2.42 bits per heavy atom. The zero-order valence-electron chi connectivity index (χ0n) is 17.3. The van der Waals surface area contributed by atoms with Crippen LogP contribution >= 0.6 is 0 Å². The Morgan fingerprint density at radius 2 is 1.84 bits per heavy atom. The van der Waals surface area contributed by atoms with E-state index < -0.39 is 29.0 Å². The fourth-order valence-electron chi connectivity index (χ4n) is 4.63. The van der Waals surface area contributed by atoms with E-state index in [2.05, 4.69) is 0 Å². The number of carbonyl (C=O) groups is 3. The molecule has 0 radical (unpaired) electrons. The molecule has 3 amide bonds. The fraction of sp³-hybridized carbons (Fsp3) is 0.591. The lowest BCUT2D eigenvalue weighted by Crippen LogP contribution is -2.46. The van der Waals surface area contributed by atoms with Crippen molar-refractivity contribution in [2.45, 2.75) is 62.3 Å². The topological polar surface area (TPSA) is 66.9 Å². The van der Waals surface area contributed by atoms with Crippen LogP contribution in [0, 0.1) is 0 Å². The highest BCUT2D eigenvalue weighted by Crippen LogP contribution is 2.45. The van der Waals surface area contributed by atoms with Gasteiger partial charge in [0.25, 0.3) is 0 Å². The van der Waals surface area contributed by atoms with E-state index in [9.17, 15) is 27.6 Å². The van der Waals surface area contributed by atoms with Gasteiger partial charge in [-0.25, -0.2) is 0 Å². The lowest BCUT2D eigenvalue weighted by molar-refractivity contribution is -0.144. The zero-order chi connectivity index (χ0) is 22.4. The summed E-state index contributed by atoms with van der Waals surface area (Å²) in [7, 11) is 1.61. The van der Waals surface area contributed by atoms with E-state index in [1.807, 2.05) is 0 Å². The maximum absolute atomic E-state index is 13.4. The van der Waals surface area contributed by atoms with Crippen LogP contribution in [-0.2, 0) is 30.7 Å². The summed E-state index contributed by atoms with van der Waals surface area (Å²) in [6, 6.07) is 4.27. The molecule has 0 unspecified atom stereocenters. The number of hydrogen-bond acceptors (Lipinski definition) is 4. The predicted molar refractivity (Wildman–Crippen MR) is 104 cm³/mol. The summed E-state index contributed by atoms with van der Waals surface area (Å²) in [5.41, 5.74) is -2.43. The van der Waals surface area contributed by atoms with Crippen LogP contribution in [0.25, 0.3) is 0 Å². The van der Waals surface area contributed by atoms with Gasteiger partial charge in [0.15, 0.2) is 0 Å². The molecular formula is C22H25F3N2O4. The Labute approximate surface area is 178 Å². The van der Waals surface area contributed by atoms with Gasteiger partial charge in [0.2, 0.25) is 17.7 Å². The van der Waals surface area contributed by atoms with Crippen LogP contribution in [0.2, 0.25) is 0 Å². The third-order valence-corrected chi connectivity index (χ3v) is 6.59. The summed E-state index contributed by atoms with van der Waals surface area (Å²) in [4.78, 5) is 42.1. The molecule has 2 heterocycles. The Balaban J connectivity index is 1.67. The van der Waals surface area contributed by atoms with Crippen molar-refractivity contribution in [3.05, 3.63) is 35.4 Å². The molecule has 6 nitrogen and oxygen atoms in total. The molecule has 0 spiro atoms. The Bertz CT molecular complexity index is 891. The monoisotopic (exact) mass is 438 g/mol. The summed E-state index contributed by atoms with van der Waals surface area (Å²) < 4.78 is 45.3. The minimum absolute atomic E-state index is 0.0570. The molecule has 4 rings (SSSR count). The number of likely N-dealkylation sites (tertiary alicyclic amines) is 2. The quantitative estimate of drug-likeness (QED) is 0.663. The normalized spacial score (nSPS) is 25.4. The fourth-order valence-corrected chi connectivity index (χ4v) is 4.63. The largest absolute Gasteiger partial charge is 0.416 e. The second-order valence-electron chi connectivity index (χ2n) is 8.63. The molecule has 0 bridgehead atoms. The van der Waals surface area contributed by atoms with Crippen molar-refractivity contribution in [2.24, 2.45) is 0 Å². The van der Waals surface area contributed by atoms with Gasteiger partial charge in [-0.3, -0.25) is 19.3 Å². The second-order valence-corrected chi connectivity index (χ2v) is 8.63. The first-order valence-corrected chi connectivity index (χ1v) is 10.5. The molecule has 9 heteroatoms. The molecule has 2 saturated heterocycles. The average molecular weight is 438 g/mol. The number of carbonyl (C=O) groups excluding carboxylic acids is 3. The van der Waals surface area contributed by atoms with Gasteiger partial charge < -0.3 is 9.64 Å². The number of halogens is 3. The van der Waals surface area contributed by atoms with Crippen LogP contribution in [0.3, 0.4) is 0 Å². The maximum atomic E-state index is 13.4. The van der Waals surface area contributed by atoms with Crippen molar-refractivity contribution >= 4 is 17.7 Å². The van der Waals surface area contributed by atoms with E-state index >= 15 is 0 Å². The van der Waals surface area contributed by atoms with Crippen LogP contribution in [-0.4, -0.2) is 59.9 Å². The standard InChI is InChI=1S/C22H25F3N2O4/c1-31-17-7-9-26(10-8-17)18(28)12-21(13-19(29)27(20(21)30)16-5-6-16)14-3-2-4-15(11-14)22(23,24)25/h2-4,11,16-17H,5-10,12-13H2,1H3/t21-/m0/s1. The minimum Gasteiger partial charge on any atom is -0.381 e. The van der Waals surface area contributed by atoms with E-state index in [1.54, 1.807) is 12.0 Å². The molecule has 1 aliphatic carbocycles. The summed E-state index contributed by atoms with van der Waals surface area (Å²) in [5, 5.41) is 0. The lowest BCUT2D eigenvalue weighted by Gasteiger charge is -2.34. The van der Waals surface area contributed by atoms with E-state index in [0.717, 1.165) is 12.1 Å². The number of benzene rings is 1. The number of nitrogens with zero attached hydrogens (tertiary/aromatic N) is 2. The Kier molecular flexibility index (Phi) is 5.57. The predicted octanol–water partition coefficient (Wildman–Crippen LogP) is 2.89. The Morgan fingerprint density at radius 1 is 1.16 bits per heavy atom. The molecule has 1 aromatic rings. The van der Waals surface area contributed by atoms with Gasteiger partial charge in [-0.1, -0.05) is 18.2 Å². The third kappa shape index (κ3) is 4.07. The highest BCUT2D eigenvalue weighted by molar-refractivity contribution is 6.11. The first kappa shape index (κ1) is 21.8. The van der Waals surface area contributed by atoms with E-state index in [4.69, 9.17) is 4.74 Å². The van der Waals surface area contributed by atoms with Crippen molar-refractivity contribution in [3.8, 4) is 0 Å². The summed E-state index contributed by atoms with van der Waals surface area (Å²) in [6.45, 7) is 0.898. The van der Waals surface area contributed by atoms with Crippen molar-refractivity contribution in [1.82, 2.24) is 9.80 Å². The van der Waals surface area contributed by atoms with E-state index in [-0.39, 0.29) is 36.5 Å². The molecule has 1 atom stereocenters. The molecule has 31 heavy (non-hydrogen) atoms. The van der Waals surface area contributed by atoms with Gasteiger partial charge in [0.05, 0.1) is 17.1 Å². The molecule has 0 aromatic heterocycles. The van der Waals surface area contributed by atoms with Crippen LogP contribution in [0.1, 0.15) is 49.7 Å². The summed E-state index contributed by atoms with van der Waals surface area (Å²) in [5.74, 6) is -1.30. The van der Waals surface area contributed by atoms with Crippen LogP contribution in [0.4, 0.5) is 13.2 Å². The average Bonchev–Trinajstić information content (AvgIpc) is 3.54. The first-order valence-electron chi connectivity index (χ1n) is 10.5. The minimum atomic E-state index is -4.59. The third-order valence-electron chi connectivity index (χ3n) is 6.59. The van der Waals surface area contributed by atoms with Crippen molar-refractivity contribution in [3.63, 3.8) is 0 Å². The van der Waals surface area contributed by atoms with E-state index in [0.29, 0.717) is 38.8 Å². The zero-order valence-corrected chi connectivity index (χ0v) is 17.3. The SMILES string of the molecule is COC1CCN(C(=O)C[C@@]2(c3cccc(C(F)(F)F)c3)CC(=O)N(C3CC3)C2=O)CC1. The number of alkyl halides is 3. The van der Waals surface area contributed by atoms with Crippen molar-refractivity contribution in [1.29, 1.82) is 0 Å². The number of methoxy groups -OCH3 is 1. The number of imide groups is 1. The van der Waals surface area contributed by atoms with Gasteiger partial charge in [0, 0.05) is 39.1 Å². The van der Waals surface area contributed by atoms with Crippen LogP contribution in [0.5, 0.6) is 0 Å². The number of amides is 3. The molecule has 3 fully saturated rings. The van der Waals surface area contributed by atoms with Crippen molar-refractivity contribution in [2.75, 3.05) is 20.2 Å². The van der Waals surface area contributed by atoms with Crippen LogP contribution < -0.4 is 0 Å². The van der Waals surface area contributed by atoms with Gasteiger partial charge in [-0.2, -0.15) is 13.2 Å². The molecular weight excluding hydrogens is 413 g/mol. The Hall–Kier alpha value is -2.42. The molecule has 168 valence electrons. The maximum Gasteiger partial charge on any atom is 0.416 e. The molecule has 1 aromatic carbocycles. The highest BCUT2D eigenvalue weighted by Gasteiger charge is 2.57. The first-order chi connectivity index (χ1) is 14.7. The van der Waals surface area contributed by atoms with Gasteiger partial charge in [0.1, 0.15) is 0 Å².